The molecule has 0 radical (unpaired) electrons. The van der Waals surface area contributed by atoms with Gasteiger partial charge in [-0.1, -0.05) is 187 Å². The average Bonchev–Trinajstić information content (AvgIpc) is 3.37. The summed E-state index contributed by atoms with van der Waals surface area (Å²) in [6.45, 7) is 21.1. The summed E-state index contributed by atoms with van der Waals surface area (Å²) in [7, 11) is 0.469. The minimum absolute atomic E-state index is 0.393. The number of nitrogens with two attached hydrogens (primary N) is 1. The Hall–Kier alpha value is -0.640. The molecule has 0 heterocycles. The van der Waals surface area contributed by atoms with Crippen LogP contribution < -0.4 is 5.73 Å². The van der Waals surface area contributed by atoms with Crippen molar-refractivity contribution in [1.82, 2.24) is 0 Å². The second-order valence-electron chi connectivity index (χ2n) is 14.4. The van der Waals surface area contributed by atoms with Crippen molar-refractivity contribution in [3.63, 3.8) is 0 Å². The van der Waals surface area contributed by atoms with Crippen molar-refractivity contribution in [3.05, 3.63) is 24.3 Å². The molecule has 5 atom stereocenters. The van der Waals surface area contributed by atoms with E-state index in [1.54, 1.807) is 0 Å². The summed E-state index contributed by atoms with van der Waals surface area (Å²) in [6, 6.07) is 0.393. The molecule has 1 saturated carbocycles. The highest BCUT2D eigenvalue weighted by molar-refractivity contribution is 7.43. The Kier molecular flexibility index (Phi) is 38.4. The highest BCUT2D eigenvalue weighted by Crippen LogP contribution is 2.43. The van der Waals surface area contributed by atoms with Gasteiger partial charge in [0.2, 0.25) is 0 Å². The molecule has 0 bridgehead atoms. The van der Waals surface area contributed by atoms with Crippen LogP contribution in [0.3, 0.4) is 0 Å². The van der Waals surface area contributed by atoms with Crippen LogP contribution in [0.1, 0.15) is 215 Å². The maximum Gasteiger partial charge on any atom is 0.0838 e. The first-order chi connectivity index (χ1) is 22.4. The minimum atomic E-state index is 0.393. The molecule has 5 unspecified atom stereocenters. The van der Waals surface area contributed by atoms with Crippen molar-refractivity contribution in [1.29, 1.82) is 5.26 Å². The molecule has 1 aliphatic carbocycles. The van der Waals surface area contributed by atoms with E-state index >= 15 is 0 Å². The number of rotatable bonds is 29. The van der Waals surface area contributed by atoms with Gasteiger partial charge in [-0.2, -0.15) is 5.26 Å². The van der Waals surface area contributed by atoms with Gasteiger partial charge in [-0.25, -0.2) is 0 Å². The summed E-state index contributed by atoms with van der Waals surface area (Å²) in [5.74, 6) is 4.54. The lowest BCUT2D eigenvalue weighted by Gasteiger charge is -2.24. The first kappa shape index (κ1) is 47.5. The Labute approximate surface area is 293 Å². The average molecular weight is 661 g/mol. The molecule has 0 aliphatic heterocycles. The van der Waals surface area contributed by atoms with E-state index in [9.17, 15) is 0 Å². The van der Waals surface area contributed by atoms with Crippen LogP contribution in [0.5, 0.6) is 0 Å². The van der Waals surface area contributed by atoms with Crippen LogP contribution in [-0.4, -0.2) is 12.2 Å². The summed E-state index contributed by atoms with van der Waals surface area (Å²) >= 11 is 0. The Morgan fingerprint density at radius 3 is 1.50 bits per heavy atom. The summed E-state index contributed by atoms with van der Waals surface area (Å²) in [4.78, 5) is 0. The summed E-state index contributed by atoms with van der Waals surface area (Å²) < 4.78 is 0. The number of hydrogen-bond acceptors (Lipinski definition) is 2. The van der Waals surface area contributed by atoms with Gasteiger partial charge in [0.05, 0.1) is 5.81 Å². The van der Waals surface area contributed by atoms with Gasteiger partial charge in [0, 0.05) is 6.04 Å². The lowest BCUT2D eigenvalue weighted by atomic mass is 9.85. The fourth-order valence-corrected chi connectivity index (χ4v) is 8.13. The van der Waals surface area contributed by atoms with E-state index in [4.69, 9.17) is 11.0 Å². The molecule has 0 amide bonds. The zero-order valence-corrected chi connectivity index (χ0v) is 33.5. The molecule has 2 nitrogen and oxygen atoms in total. The molecule has 0 aromatic heterocycles. The summed E-state index contributed by atoms with van der Waals surface area (Å²) in [6.07, 6.45) is 38.1. The SMILES string of the molecule is C=C(C)CCC(=C)CCCCCCCCCCCCCCCCC.CC.CCCCCCCCC1C(N)CC(CC)C1CPC#N. The highest BCUT2D eigenvalue weighted by Gasteiger charge is 2.39. The molecule has 0 aromatic rings. The predicted octanol–water partition coefficient (Wildman–Crippen LogP) is 15.1. The van der Waals surface area contributed by atoms with Crippen LogP contribution in [0.4, 0.5) is 0 Å². The van der Waals surface area contributed by atoms with Gasteiger partial charge < -0.3 is 5.73 Å². The van der Waals surface area contributed by atoms with Crippen LogP contribution in [0.2, 0.25) is 0 Å². The molecule has 3 heteroatoms. The largest absolute Gasteiger partial charge is 0.327 e. The van der Waals surface area contributed by atoms with Crippen LogP contribution in [0, 0.1) is 28.8 Å². The Morgan fingerprint density at radius 1 is 0.652 bits per heavy atom. The second kappa shape index (κ2) is 37.2. The molecule has 1 aliphatic rings. The van der Waals surface area contributed by atoms with E-state index in [1.807, 2.05) is 13.8 Å². The van der Waals surface area contributed by atoms with Gasteiger partial charge in [-0.05, 0) is 77.9 Å². The Morgan fingerprint density at radius 2 is 1.09 bits per heavy atom. The minimum Gasteiger partial charge on any atom is -0.327 e. The monoisotopic (exact) mass is 661 g/mol. The second-order valence-corrected chi connectivity index (χ2v) is 15.3. The molecule has 1 rings (SSSR count). The third-order valence-electron chi connectivity index (χ3n) is 10.2. The van der Waals surface area contributed by atoms with Gasteiger partial charge in [0.15, 0.2) is 0 Å². The third kappa shape index (κ3) is 29.5. The molecule has 0 spiro atoms. The van der Waals surface area contributed by atoms with Crippen molar-refractivity contribution in [2.24, 2.45) is 23.5 Å². The smallest absolute Gasteiger partial charge is 0.0838 e. The van der Waals surface area contributed by atoms with Crippen molar-refractivity contribution >= 4 is 8.58 Å². The fraction of sp³-hybridized carbons (Fsp3) is 0.884. The summed E-state index contributed by atoms with van der Waals surface area (Å²) in [5.41, 5.74) is 9.10. The topological polar surface area (TPSA) is 49.8 Å². The lowest BCUT2D eigenvalue weighted by Crippen LogP contribution is -2.28. The van der Waals surface area contributed by atoms with E-state index in [0.29, 0.717) is 20.5 Å². The normalized spacial score (nSPS) is 18.9. The maximum atomic E-state index is 8.87. The Balaban J connectivity index is 0. The van der Waals surface area contributed by atoms with E-state index < -0.39 is 0 Å². The molecule has 0 saturated heterocycles. The molecule has 1 fully saturated rings. The predicted molar refractivity (Wildman–Crippen MR) is 214 cm³/mol. The number of hydrogen-bond donors (Lipinski definition) is 1. The number of unbranched alkanes of at least 4 members (excludes halogenated alkanes) is 19. The molecule has 272 valence electrons. The first-order valence-corrected chi connectivity index (χ1v) is 21.8. The molecular weight excluding hydrogens is 575 g/mol. The molecule has 2 N–H and O–H groups in total. The zero-order chi connectivity index (χ0) is 34.7. The first-order valence-electron chi connectivity index (χ1n) is 20.6. The van der Waals surface area contributed by atoms with E-state index in [0.717, 1.165) is 30.8 Å². The third-order valence-corrected chi connectivity index (χ3v) is 11.0. The lowest BCUT2D eigenvalue weighted by molar-refractivity contribution is 0.305. The number of nitrogens with zero attached hydrogens (tertiary/aromatic N) is 1. The van der Waals surface area contributed by atoms with Crippen molar-refractivity contribution in [3.8, 4) is 5.81 Å². The Bertz CT molecular complexity index is 695. The molecule has 46 heavy (non-hydrogen) atoms. The van der Waals surface area contributed by atoms with Gasteiger partial charge in [0.25, 0.3) is 0 Å². The van der Waals surface area contributed by atoms with Crippen LogP contribution in [0.15, 0.2) is 24.3 Å². The zero-order valence-electron chi connectivity index (χ0n) is 32.5. The highest BCUT2D eigenvalue weighted by atomic mass is 31.1. The standard InChI is InChI=1S/C24H46.C17H33N2P.C2H6/c1-5-6-7-8-9-10-11-12-13-14-15-16-17-18-19-20-24(4)22-21-23(2)3;1-3-5-6-7-8-9-10-15-16(12-20-13-18)14(4-2)11-17(15)19;1-2/h2,4-22H2,1,3H3;14-17,20H,3-12,19H2,1-2H3;1-2H3. The van der Waals surface area contributed by atoms with Gasteiger partial charge in [-0.3, -0.25) is 0 Å². The van der Waals surface area contributed by atoms with Crippen LogP contribution in [-0.2, 0) is 0 Å². The quantitative estimate of drug-likeness (QED) is 0.0493. The van der Waals surface area contributed by atoms with Crippen molar-refractivity contribution in [2.45, 2.75) is 221 Å². The van der Waals surface area contributed by atoms with E-state index in [1.165, 1.54) is 172 Å². The van der Waals surface area contributed by atoms with Crippen molar-refractivity contribution in [2.75, 3.05) is 6.16 Å². The van der Waals surface area contributed by atoms with Gasteiger partial charge in [0.1, 0.15) is 0 Å². The van der Waals surface area contributed by atoms with E-state index in [-0.39, 0.29) is 0 Å². The molecule has 0 aromatic carbocycles. The van der Waals surface area contributed by atoms with Gasteiger partial charge >= 0.3 is 0 Å². The molecular formula is C43H85N2P. The van der Waals surface area contributed by atoms with E-state index in [2.05, 4.69) is 46.7 Å². The summed E-state index contributed by atoms with van der Waals surface area (Å²) in [5, 5.41) is 8.87. The number of nitriles is 1. The van der Waals surface area contributed by atoms with Crippen molar-refractivity contribution < 1.29 is 0 Å². The van der Waals surface area contributed by atoms with Gasteiger partial charge in [-0.15, -0.1) is 6.58 Å². The maximum absolute atomic E-state index is 8.87. The number of allylic oxidation sites excluding steroid dienone is 2. The van der Waals surface area contributed by atoms with Crippen LogP contribution in [0.25, 0.3) is 0 Å². The fourth-order valence-electron chi connectivity index (χ4n) is 7.17. The van der Waals surface area contributed by atoms with Crippen LogP contribution >= 0.6 is 8.58 Å².